The second-order valence-corrected chi connectivity index (χ2v) is 7.27. The summed E-state index contributed by atoms with van der Waals surface area (Å²) in [7, 11) is -5.36. The van der Waals surface area contributed by atoms with Crippen LogP contribution in [0.5, 0.6) is 0 Å². The van der Waals surface area contributed by atoms with Crippen molar-refractivity contribution in [1.29, 1.82) is 5.26 Å². The average Bonchev–Trinajstić information content (AvgIpc) is 2.46. The van der Waals surface area contributed by atoms with Gasteiger partial charge in [0.15, 0.2) is 0 Å². The topological polar surface area (TPSA) is 78.2 Å². The van der Waals surface area contributed by atoms with Gasteiger partial charge >= 0.3 is 5.51 Å². The van der Waals surface area contributed by atoms with E-state index in [9.17, 15) is 26.7 Å². The molecular formula is C14H14F3NO3S. The number of aliphatic hydroxyl groups is 1. The van der Waals surface area contributed by atoms with Gasteiger partial charge in [0.2, 0.25) is 0 Å². The molecule has 0 radical (unpaired) electrons. The number of hydrogen-bond donors (Lipinski definition) is 1. The van der Waals surface area contributed by atoms with Gasteiger partial charge < -0.3 is 5.11 Å². The standard InChI is InChI=1S/C14H14F3NO3S/c15-14(16,17)22(20,21)12-4-1-9(2-5-12)13-6-3-11(19)7-10(13)8-18/h1-2,4-5,10-11,13,19H,3,6-7H2. The van der Waals surface area contributed by atoms with Crippen LogP contribution in [0.2, 0.25) is 0 Å². The third kappa shape index (κ3) is 3.10. The van der Waals surface area contributed by atoms with Crippen molar-refractivity contribution in [1.82, 2.24) is 0 Å². The third-order valence-corrected chi connectivity index (χ3v) is 5.41. The molecule has 0 bridgehead atoms. The molecular weight excluding hydrogens is 319 g/mol. The lowest BCUT2D eigenvalue weighted by atomic mass is 9.75. The highest BCUT2D eigenvalue weighted by molar-refractivity contribution is 7.92. The van der Waals surface area contributed by atoms with Crippen LogP contribution in [0, 0.1) is 17.2 Å². The summed E-state index contributed by atoms with van der Waals surface area (Å²) in [5.41, 5.74) is -4.72. The Balaban J connectivity index is 2.28. The maximum absolute atomic E-state index is 12.5. The smallest absolute Gasteiger partial charge is 0.393 e. The lowest BCUT2D eigenvalue weighted by Gasteiger charge is -2.30. The molecule has 8 heteroatoms. The molecule has 0 heterocycles. The van der Waals surface area contributed by atoms with E-state index in [1.807, 2.05) is 0 Å². The molecule has 0 amide bonds. The maximum Gasteiger partial charge on any atom is 0.501 e. The minimum atomic E-state index is -5.36. The molecule has 1 N–H and O–H groups in total. The highest BCUT2D eigenvalue weighted by Gasteiger charge is 2.46. The van der Waals surface area contributed by atoms with Gasteiger partial charge in [0.05, 0.1) is 23.0 Å². The SMILES string of the molecule is N#CC1CC(O)CCC1c1ccc(S(=O)(=O)C(F)(F)F)cc1. The summed E-state index contributed by atoms with van der Waals surface area (Å²) in [5.74, 6) is -0.648. The summed E-state index contributed by atoms with van der Waals surface area (Å²) in [5, 5.41) is 18.7. The highest BCUT2D eigenvalue weighted by Crippen LogP contribution is 2.38. The molecule has 0 aliphatic heterocycles. The first-order chi connectivity index (χ1) is 10.2. The molecule has 1 fully saturated rings. The summed E-state index contributed by atoms with van der Waals surface area (Å²) < 4.78 is 60.0. The molecule has 120 valence electrons. The Morgan fingerprint density at radius 2 is 1.77 bits per heavy atom. The van der Waals surface area contributed by atoms with Crippen LogP contribution in [0.4, 0.5) is 13.2 Å². The first-order valence-corrected chi connectivity index (χ1v) is 8.14. The van der Waals surface area contributed by atoms with Crippen molar-refractivity contribution in [2.24, 2.45) is 5.92 Å². The van der Waals surface area contributed by atoms with Gasteiger partial charge in [-0.15, -0.1) is 0 Å². The second kappa shape index (κ2) is 5.89. The lowest BCUT2D eigenvalue weighted by Crippen LogP contribution is -2.26. The number of nitrogens with zero attached hydrogens (tertiary/aromatic N) is 1. The molecule has 1 aromatic rings. The van der Waals surface area contributed by atoms with Crippen molar-refractivity contribution < 1.29 is 26.7 Å². The lowest BCUT2D eigenvalue weighted by molar-refractivity contribution is -0.0436. The van der Waals surface area contributed by atoms with Crippen molar-refractivity contribution in [3.05, 3.63) is 29.8 Å². The number of alkyl halides is 3. The first kappa shape index (κ1) is 16.8. The van der Waals surface area contributed by atoms with Crippen molar-refractivity contribution in [3.8, 4) is 6.07 Å². The summed E-state index contributed by atoms with van der Waals surface area (Å²) in [6.45, 7) is 0. The van der Waals surface area contributed by atoms with Crippen LogP contribution < -0.4 is 0 Å². The summed E-state index contributed by atoms with van der Waals surface area (Å²) >= 11 is 0. The number of rotatable bonds is 2. The molecule has 3 atom stereocenters. The fraction of sp³-hybridized carbons (Fsp3) is 0.500. The Kier molecular flexibility index (Phi) is 4.49. The quantitative estimate of drug-likeness (QED) is 0.903. The molecule has 0 spiro atoms. The predicted octanol–water partition coefficient (Wildman–Crippen LogP) is 2.75. The Morgan fingerprint density at radius 1 is 1.18 bits per heavy atom. The van der Waals surface area contributed by atoms with E-state index in [2.05, 4.69) is 6.07 Å². The number of halogens is 3. The molecule has 1 aromatic carbocycles. The molecule has 0 saturated heterocycles. The van der Waals surface area contributed by atoms with Crippen LogP contribution >= 0.6 is 0 Å². The fourth-order valence-corrected chi connectivity index (χ4v) is 3.48. The zero-order chi connectivity index (χ0) is 16.5. The summed E-state index contributed by atoms with van der Waals surface area (Å²) in [6.07, 6.45) is 0.797. The van der Waals surface area contributed by atoms with Crippen LogP contribution in [0.3, 0.4) is 0 Å². The number of nitriles is 1. The van der Waals surface area contributed by atoms with Gasteiger partial charge in [0.25, 0.3) is 9.84 Å². The van der Waals surface area contributed by atoms with Gasteiger partial charge in [-0.1, -0.05) is 12.1 Å². The van der Waals surface area contributed by atoms with Crippen LogP contribution in [-0.2, 0) is 9.84 Å². The van der Waals surface area contributed by atoms with E-state index >= 15 is 0 Å². The highest BCUT2D eigenvalue weighted by atomic mass is 32.2. The number of benzene rings is 1. The maximum atomic E-state index is 12.5. The van der Waals surface area contributed by atoms with Gasteiger partial charge in [-0.25, -0.2) is 8.42 Å². The van der Waals surface area contributed by atoms with Crippen molar-refractivity contribution >= 4 is 9.84 Å². The Hall–Kier alpha value is -1.59. The summed E-state index contributed by atoms with van der Waals surface area (Å²) in [4.78, 5) is -0.812. The monoisotopic (exact) mass is 333 g/mol. The van der Waals surface area contributed by atoms with Gasteiger partial charge in [0.1, 0.15) is 0 Å². The minimum Gasteiger partial charge on any atom is -0.393 e. The van der Waals surface area contributed by atoms with E-state index in [4.69, 9.17) is 5.26 Å². The third-order valence-electron chi connectivity index (χ3n) is 3.91. The number of sulfone groups is 1. The van der Waals surface area contributed by atoms with E-state index in [0.717, 1.165) is 12.1 Å². The van der Waals surface area contributed by atoms with E-state index < -0.39 is 32.3 Å². The molecule has 1 saturated carbocycles. The molecule has 22 heavy (non-hydrogen) atoms. The Labute approximate surface area is 126 Å². The van der Waals surface area contributed by atoms with Crippen LogP contribution in [0.1, 0.15) is 30.7 Å². The predicted molar refractivity (Wildman–Crippen MR) is 71.4 cm³/mol. The van der Waals surface area contributed by atoms with E-state index in [-0.39, 0.29) is 5.92 Å². The van der Waals surface area contributed by atoms with Crippen LogP contribution in [0.15, 0.2) is 29.2 Å². The van der Waals surface area contributed by atoms with E-state index in [1.165, 1.54) is 12.1 Å². The molecule has 1 aliphatic rings. The van der Waals surface area contributed by atoms with Crippen molar-refractivity contribution in [2.45, 2.75) is 41.7 Å². The Bertz CT molecular complexity index is 677. The van der Waals surface area contributed by atoms with Gasteiger partial charge in [-0.05, 0) is 42.9 Å². The number of aliphatic hydroxyl groups excluding tert-OH is 1. The minimum absolute atomic E-state index is 0.212. The van der Waals surface area contributed by atoms with E-state index in [0.29, 0.717) is 24.8 Å². The van der Waals surface area contributed by atoms with Gasteiger partial charge in [-0.3, -0.25) is 0 Å². The van der Waals surface area contributed by atoms with E-state index in [1.54, 1.807) is 0 Å². The average molecular weight is 333 g/mol. The van der Waals surface area contributed by atoms with Crippen molar-refractivity contribution in [3.63, 3.8) is 0 Å². The molecule has 3 unspecified atom stereocenters. The molecule has 0 aromatic heterocycles. The molecule has 2 rings (SSSR count). The van der Waals surface area contributed by atoms with Crippen LogP contribution in [-0.4, -0.2) is 25.1 Å². The Morgan fingerprint density at radius 3 is 2.27 bits per heavy atom. The zero-order valence-electron chi connectivity index (χ0n) is 11.4. The fourth-order valence-electron chi connectivity index (χ4n) is 2.72. The number of hydrogen-bond acceptors (Lipinski definition) is 4. The normalized spacial score (nSPS) is 26.4. The second-order valence-electron chi connectivity index (χ2n) is 5.33. The molecule has 1 aliphatic carbocycles. The zero-order valence-corrected chi connectivity index (χ0v) is 12.2. The van der Waals surface area contributed by atoms with Crippen LogP contribution in [0.25, 0.3) is 0 Å². The first-order valence-electron chi connectivity index (χ1n) is 6.66. The van der Waals surface area contributed by atoms with Gasteiger partial charge in [-0.2, -0.15) is 18.4 Å². The van der Waals surface area contributed by atoms with Crippen molar-refractivity contribution in [2.75, 3.05) is 0 Å². The van der Waals surface area contributed by atoms with Gasteiger partial charge in [0, 0.05) is 0 Å². The summed E-state index contributed by atoms with van der Waals surface area (Å²) in [6, 6.07) is 6.54. The largest absolute Gasteiger partial charge is 0.501 e. The molecule has 4 nitrogen and oxygen atoms in total.